The molecule has 4 aromatic heterocycles. The first-order valence-electron chi connectivity index (χ1n) is 10.1. The second-order valence-corrected chi connectivity index (χ2v) is 7.56. The van der Waals surface area contributed by atoms with Crippen LogP contribution in [0.2, 0.25) is 0 Å². The lowest BCUT2D eigenvalue weighted by molar-refractivity contribution is 0.335. The number of pyridine rings is 1. The number of halogens is 1. The van der Waals surface area contributed by atoms with E-state index in [1.165, 1.54) is 10.6 Å². The van der Waals surface area contributed by atoms with Gasteiger partial charge in [-0.05, 0) is 42.3 Å². The molecule has 0 spiro atoms. The van der Waals surface area contributed by atoms with Gasteiger partial charge < -0.3 is 9.84 Å². The minimum absolute atomic E-state index is 0.113. The van der Waals surface area contributed by atoms with Gasteiger partial charge in [-0.25, -0.2) is 4.39 Å². The first kappa shape index (κ1) is 19.7. The fraction of sp³-hybridized carbons (Fsp3) is 0.182. The molecule has 0 bridgehead atoms. The molecule has 0 aliphatic heterocycles. The summed E-state index contributed by atoms with van der Waals surface area (Å²) in [5, 5.41) is 20.2. The van der Waals surface area contributed by atoms with Gasteiger partial charge in [-0.1, -0.05) is 31.1 Å². The van der Waals surface area contributed by atoms with Crippen LogP contribution in [0.1, 0.15) is 25.8 Å². The monoisotopic (exact) mass is 430 g/mol. The summed E-state index contributed by atoms with van der Waals surface area (Å²) in [6.45, 7) is 4.07. The van der Waals surface area contributed by atoms with Crippen molar-refractivity contribution in [1.82, 2.24) is 34.9 Å². The Morgan fingerprint density at radius 3 is 2.69 bits per heavy atom. The fourth-order valence-corrected chi connectivity index (χ4v) is 3.32. The van der Waals surface area contributed by atoms with Crippen molar-refractivity contribution in [2.75, 3.05) is 5.32 Å². The molecule has 5 rings (SSSR count). The highest BCUT2D eigenvalue weighted by Gasteiger charge is 2.24. The zero-order valence-corrected chi connectivity index (χ0v) is 17.3. The van der Waals surface area contributed by atoms with Gasteiger partial charge in [0, 0.05) is 18.0 Å². The molecule has 1 aromatic carbocycles. The molecule has 0 aliphatic rings. The van der Waals surface area contributed by atoms with E-state index >= 15 is 0 Å². The van der Waals surface area contributed by atoms with Gasteiger partial charge in [-0.15, -0.1) is 15.3 Å². The Kier molecular flexibility index (Phi) is 5.02. The summed E-state index contributed by atoms with van der Waals surface area (Å²) in [7, 11) is 0. The van der Waals surface area contributed by atoms with Crippen molar-refractivity contribution < 1.29 is 8.91 Å². The minimum Gasteiger partial charge on any atom is -0.357 e. The van der Waals surface area contributed by atoms with Crippen molar-refractivity contribution in [3.05, 3.63) is 72.6 Å². The summed E-state index contributed by atoms with van der Waals surface area (Å²) in [6, 6.07) is 13.3. The Hall–Kier alpha value is -4.21. The van der Waals surface area contributed by atoms with E-state index in [0.29, 0.717) is 34.6 Å². The Labute approximate surface area is 182 Å². The zero-order chi connectivity index (χ0) is 22.1. The van der Waals surface area contributed by atoms with E-state index in [9.17, 15) is 4.39 Å². The van der Waals surface area contributed by atoms with Crippen molar-refractivity contribution in [1.29, 1.82) is 0 Å². The van der Waals surface area contributed by atoms with Crippen LogP contribution >= 0.6 is 0 Å². The average Bonchev–Trinajstić information content (AvgIpc) is 3.45. The quantitative estimate of drug-likeness (QED) is 0.427. The van der Waals surface area contributed by atoms with Crippen LogP contribution in [0.15, 0.2) is 65.4 Å². The third kappa shape index (κ3) is 3.66. The first-order valence-corrected chi connectivity index (χ1v) is 10.1. The van der Waals surface area contributed by atoms with Gasteiger partial charge in [0.25, 0.3) is 0 Å². The third-order valence-corrected chi connectivity index (χ3v) is 4.98. The van der Waals surface area contributed by atoms with Gasteiger partial charge in [0.05, 0.1) is 5.56 Å². The molecule has 160 valence electrons. The number of nitrogens with zero attached hydrogens (tertiary/aromatic N) is 7. The maximum Gasteiger partial charge on any atom is 0.249 e. The lowest BCUT2D eigenvalue weighted by atomic mass is 10.0. The van der Waals surface area contributed by atoms with Crippen molar-refractivity contribution in [2.24, 2.45) is 5.92 Å². The highest BCUT2D eigenvalue weighted by molar-refractivity contribution is 5.60. The van der Waals surface area contributed by atoms with Gasteiger partial charge in [0.15, 0.2) is 11.5 Å². The average molecular weight is 430 g/mol. The summed E-state index contributed by atoms with van der Waals surface area (Å²) in [6.07, 6.45) is 3.36. The lowest BCUT2D eigenvalue weighted by Gasteiger charge is -2.19. The highest BCUT2D eigenvalue weighted by atomic mass is 19.1. The molecular formula is C22H19FN8O. The number of hydrogen-bond acceptors (Lipinski definition) is 8. The Morgan fingerprint density at radius 2 is 1.91 bits per heavy atom. The van der Waals surface area contributed by atoms with Crippen molar-refractivity contribution in [3.63, 3.8) is 0 Å². The molecule has 5 aromatic rings. The number of anilines is 1. The van der Waals surface area contributed by atoms with Gasteiger partial charge in [0.1, 0.15) is 17.7 Å². The van der Waals surface area contributed by atoms with Crippen LogP contribution in [0.3, 0.4) is 0 Å². The standard InChI is InChI=1S/C22H19FN8O/c1-13(2)19(22-26-20(30-32-22)14-6-5-11-24-12-14)25-17-9-10-18-27-28-21(31(18)29-17)15-7-3-4-8-16(15)23/h3-13,19H,1-2H3,(H,25,29). The second-order valence-electron chi connectivity index (χ2n) is 7.56. The van der Waals surface area contributed by atoms with Gasteiger partial charge in [0.2, 0.25) is 11.7 Å². The number of rotatable bonds is 6. The topological polar surface area (TPSA) is 107 Å². The largest absolute Gasteiger partial charge is 0.357 e. The van der Waals surface area contributed by atoms with E-state index in [2.05, 4.69) is 35.7 Å². The molecule has 0 radical (unpaired) electrons. The van der Waals surface area contributed by atoms with Crippen molar-refractivity contribution in [3.8, 4) is 22.8 Å². The number of benzene rings is 1. The van der Waals surface area contributed by atoms with E-state index < -0.39 is 5.82 Å². The fourth-order valence-electron chi connectivity index (χ4n) is 3.32. The molecule has 0 saturated carbocycles. The van der Waals surface area contributed by atoms with E-state index in [0.717, 1.165) is 5.56 Å². The summed E-state index contributed by atoms with van der Waals surface area (Å²) in [5.74, 6) is 1.47. The molecule has 0 fully saturated rings. The van der Waals surface area contributed by atoms with Gasteiger partial charge in [-0.3, -0.25) is 4.98 Å². The minimum atomic E-state index is -0.393. The Balaban J connectivity index is 1.48. The van der Waals surface area contributed by atoms with Crippen LogP contribution < -0.4 is 5.32 Å². The van der Waals surface area contributed by atoms with Gasteiger partial charge >= 0.3 is 0 Å². The molecule has 1 unspecified atom stereocenters. The number of fused-ring (bicyclic) bond motifs is 1. The molecule has 10 heteroatoms. The lowest BCUT2D eigenvalue weighted by Crippen LogP contribution is -2.18. The number of hydrogen-bond donors (Lipinski definition) is 1. The molecule has 32 heavy (non-hydrogen) atoms. The van der Waals surface area contributed by atoms with E-state index in [4.69, 9.17) is 4.52 Å². The zero-order valence-electron chi connectivity index (χ0n) is 17.3. The van der Waals surface area contributed by atoms with Gasteiger partial charge in [-0.2, -0.15) is 9.50 Å². The summed E-state index contributed by atoms with van der Waals surface area (Å²) in [4.78, 5) is 8.63. The van der Waals surface area contributed by atoms with E-state index in [1.54, 1.807) is 42.7 Å². The maximum absolute atomic E-state index is 14.3. The molecule has 1 N–H and O–H groups in total. The normalized spacial score (nSPS) is 12.4. The smallest absolute Gasteiger partial charge is 0.249 e. The summed E-state index contributed by atoms with van der Waals surface area (Å²) in [5.41, 5.74) is 1.60. The predicted octanol–water partition coefficient (Wildman–Crippen LogP) is 4.18. The van der Waals surface area contributed by atoms with Crippen LogP contribution in [-0.4, -0.2) is 34.9 Å². The van der Waals surface area contributed by atoms with Crippen LogP contribution in [0.5, 0.6) is 0 Å². The predicted molar refractivity (Wildman–Crippen MR) is 115 cm³/mol. The van der Waals surface area contributed by atoms with Crippen molar-refractivity contribution >= 4 is 11.5 Å². The molecule has 0 saturated heterocycles. The summed E-state index contributed by atoms with van der Waals surface area (Å²) < 4.78 is 21.3. The van der Waals surface area contributed by atoms with E-state index in [1.807, 2.05) is 26.0 Å². The van der Waals surface area contributed by atoms with Crippen molar-refractivity contribution in [2.45, 2.75) is 19.9 Å². The Morgan fingerprint density at radius 1 is 1.03 bits per heavy atom. The second kappa shape index (κ2) is 8.14. The molecular weight excluding hydrogens is 411 g/mol. The highest BCUT2D eigenvalue weighted by Crippen LogP contribution is 2.27. The molecule has 0 aliphatic carbocycles. The molecule has 9 nitrogen and oxygen atoms in total. The molecule has 0 amide bonds. The first-order chi connectivity index (χ1) is 15.6. The van der Waals surface area contributed by atoms with Crippen LogP contribution in [0.25, 0.3) is 28.4 Å². The van der Waals surface area contributed by atoms with Crippen LogP contribution in [0.4, 0.5) is 10.2 Å². The van der Waals surface area contributed by atoms with Crippen LogP contribution in [-0.2, 0) is 0 Å². The SMILES string of the molecule is CC(C)C(Nc1ccc2nnc(-c3ccccc3F)n2n1)c1nc(-c2cccnc2)no1. The number of nitrogens with one attached hydrogen (secondary N) is 1. The van der Waals surface area contributed by atoms with Crippen LogP contribution in [0, 0.1) is 11.7 Å². The molecule has 1 atom stereocenters. The summed E-state index contributed by atoms with van der Waals surface area (Å²) >= 11 is 0. The number of aromatic nitrogens is 7. The Bertz CT molecular complexity index is 1360. The van der Waals surface area contributed by atoms with E-state index in [-0.39, 0.29) is 12.0 Å². The third-order valence-electron chi connectivity index (χ3n) is 4.98. The molecule has 4 heterocycles. The maximum atomic E-state index is 14.3.